The van der Waals surface area contributed by atoms with Crippen LogP contribution in [-0.4, -0.2) is 4.98 Å². The number of hydrogen-bond donors (Lipinski definition) is 2. The number of H-pyrrole nitrogens is 1. The minimum Gasteiger partial charge on any atom is -0.408 e. The van der Waals surface area contributed by atoms with E-state index in [1.54, 1.807) is 0 Å². The topological polar surface area (TPSA) is 72.0 Å². The van der Waals surface area contributed by atoms with E-state index in [0.29, 0.717) is 11.5 Å². The summed E-state index contributed by atoms with van der Waals surface area (Å²) in [5, 5.41) is 0. The number of aromatic nitrogens is 1. The second kappa shape index (κ2) is 4.23. The van der Waals surface area contributed by atoms with Gasteiger partial charge in [0.2, 0.25) is 0 Å². The summed E-state index contributed by atoms with van der Waals surface area (Å²) in [6, 6.07) is 5.76. The van der Waals surface area contributed by atoms with E-state index in [1.165, 1.54) is 19.3 Å². The third-order valence-corrected chi connectivity index (χ3v) is 4.60. The van der Waals surface area contributed by atoms with Gasteiger partial charge in [0.25, 0.3) is 0 Å². The normalized spacial score (nSPS) is 23.8. The van der Waals surface area contributed by atoms with Crippen molar-refractivity contribution in [3.8, 4) is 0 Å². The molecule has 0 aliphatic heterocycles. The van der Waals surface area contributed by atoms with Crippen LogP contribution < -0.4 is 11.5 Å². The number of aromatic amines is 1. The SMILES string of the molecule is CC1(C)CCCC1C(N)c1ccc2[nH]c(=O)oc2c1. The largest absolute Gasteiger partial charge is 0.417 e. The van der Waals surface area contributed by atoms with Gasteiger partial charge in [-0.25, -0.2) is 4.79 Å². The van der Waals surface area contributed by atoms with Gasteiger partial charge in [0.1, 0.15) is 0 Å². The maximum atomic E-state index is 11.2. The summed E-state index contributed by atoms with van der Waals surface area (Å²) in [5.74, 6) is 0.0672. The number of benzene rings is 1. The van der Waals surface area contributed by atoms with E-state index >= 15 is 0 Å². The molecule has 19 heavy (non-hydrogen) atoms. The molecule has 0 radical (unpaired) electrons. The lowest BCUT2D eigenvalue weighted by molar-refractivity contribution is 0.222. The molecule has 1 aliphatic carbocycles. The smallest absolute Gasteiger partial charge is 0.408 e. The number of rotatable bonds is 2. The van der Waals surface area contributed by atoms with Crippen LogP contribution in [0.4, 0.5) is 0 Å². The zero-order chi connectivity index (χ0) is 13.6. The van der Waals surface area contributed by atoms with Gasteiger partial charge in [0.05, 0.1) is 5.52 Å². The fraction of sp³-hybridized carbons (Fsp3) is 0.533. The van der Waals surface area contributed by atoms with Gasteiger partial charge in [-0.3, -0.25) is 4.98 Å². The minimum absolute atomic E-state index is 0.00195. The van der Waals surface area contributed by atoms with Gasteiger partial charge in [-0.2, -0.15) is 0 Å². The van der Waals surface area contributed by atoms with Crippen molar-refractivity contribution in [2.24, 2.45) is 17.1 Å². The van der Waals surface area contributed by atoms with Crippen molar-refractivity contribution in [3.05, 3.63) is 34.3 Å². The van der Waals surface area contributed by atoms with Crippen LogP contribution in [0.3, 0.4) is 0 Å². The average Bonchev–Trinajstić information content (AvgIpc) is 2.88. The van der Waals surface area contributed by atoms with E-state index in [0.717, 1.165) is 11.1 Å². The second-order valence-corrected chi connectivity index (χ2v) is 6.28. The highest BCUT2D eigenvalue weighted by atomic mass is 16.4. The maximum Gasteiger partial charge on any atom is 0.417 e. The average molecular weight is 260 g/mol. The molecule has 2 atom stereocenters. The molecule has 2 aromatic rings. The monoisotopic (exact) mass is 260 g/mol. The Hall–Kier alpha value is -1.55. The molecule has 4 nitrogen and oxygen atoms in total. The number of hydrogen-bond acceptors (Lipinski definition) is 3. The Morgan fingerprint density at radius 3 is 2.95 bits per heavy atom. The van der Waals surface area contributed by atoms with Crippen LogP contribution in [0.5, 0.6) is 0 Å². The molecule has 3 rings (SSSR count). The molecule has 4 heteroatoms. The van der Waals surface area contributed by atoms with Crippen LogP contribution >= 0.6 is 0 Å². The van der Waals surface area contributed by atoms with Crippen molar-refractivity contribution in [2.45, 2.75) is 39.2 Å². The lowest BCUT2D eigenvalue weighted by Gasteiger charge is -2.32. The highest BCUT2D eigenvalue weighted by Crippen LogP contribution is 2.47. The Labute approximate surface area is 112 Å². The van der Waals surface area contributed by atoms with Gasteiger partial charge in [-0.05, 0) is 41.9 Å². The lowest BCUT2D eigenvalue weighted by Crippen LogP contribution is -2.29. The molecule has 0 amide bonds. The summed E-state index contributed by atoms with van der Waals surface area (Å²) in [7, 11) is 0. The molecule has 1 aliphatic rings. The molecule has 1 aromatic carbocycles. The lowest BCUT2D eigenvalue weighted by atomic mass is 9.76. The van der Waals surface area contributed by atoms with E-state index in [-0.39, 0.29) is 11.5 Å². The molecule has 1 fully saturated rings. The van der Waals surface area contributed by atoms with E-state index in [2.05, 4.69) is 18.8 Å². The van der Waals surface area contributed by atoms with Crippen molar-refractivity contribution in [3.63, 3.8) is 0 Å². The Morgan fingerprint density at radius 2 is 2.26 bits per heavy atom. The van der Waals surface area contributed by atoms with E-state index in [1.807, 2.05) is 18.2 Å². The predicted octanol–water partition coefficient (Wildman–Crippen LogP) is 2.95. The van der Waals surface area contributed by atoms with Gasteiger partial charge in [-0.1, -0.05) is 26.3 Å². The Bertz CT molecular complexity index is 653. The molecule has 3 N–H and O–H groups in total. The van der Waals surface area contributed by atoms with Crippen LogP contribution in [0, 0.1) is 11.3 Å². The molecule has 102 valence electrons. The number of nitrogens with two attached hydrogens (primary N) is 1. The van der Waals surface area contributed by atoms with Crippen molar-refractivity contribution >= 4 is 11.1 Å². The summed E-state index contributed by atoms with van der Waals surface area (Å²) in [6.45, 7) is 4.58. The molecule has 1 heterocycles. The fourth-order valence-electron chi connectivity index (χ4n) is 3.42. The molecule has 0 saturated heterocycles. The van der Waals surface area contributed by atoms with E-state index in [9.17, 15) is 4.79 Å². The zero-order valence-corrected chi connectivity index (χ0v) is 11.4. The first-order valence-electron chi connectivity index (χ1n) is 6.86. The fourth-order valence-corrected chi connectivity index (χ4v) is 3.42. The first-order valence-corrected chi connectivity index (χ1v) is 6.86. The predicted molar refractivity (Wildman–Crippen MR) is 74.9 cm³/mol. The molecular weight excluding hydrogens is 240 g/mol. The molecule has 0 spiro atoms. The minimum atomic E-state index is -0.415. The summed E-state index contributed by atoms with van der Waals surface area (Å²) in [5.41, 5.74) is 9.10. The van der Waals surface area contributed by atoms with Crippen LogP contribution in [0.25, 0.3) is 11.1 Å². The first-order chi connectivity index (χ1) is 8.97. The van der Waals surface area contributed by atoms with Gasteiger partial charge in [-0.15, -0.1) is 0 Å². The summed E-state index contributed by atoms with van der Waals surface area (Å²) in [4.78, 5) is 13.8. The highest BCUT2D eigenvalue weighted by Gasteiger charge is 2.38. The van der Waals surface area contributed by atoms with E-state index in [4.69, 9.17) is 10.2 Å². The number of oxazole rings is 1. The number of nitrogens with one attached hydrogen (secondary N) is 1. The third kappa shape index (κ3) is 2.10. The summed E-state index contributed by atoms with van der Waals surface area (Å²) >= 11 is 0. The second-order valence-electron chi connectivity index (χ2n) is 6.28. The van der Waals surface area contributed by atoms with Crippen molar-refractivity contribution in [1.29, 1.82) is 0 Å². The molecule has 1 saturated carbocycles. The van der Waals surface area contributed by atoms with Gasteiger partial charge < -0.3 is 10.2 Å². The van der Waals surface area contributed by atoms with Crippen LogP contribution in [0.15, 0.2) is 27.4 Å². The van der Waals surface area contributed by atoms with E-state index < -0.39 is 5.76 Å². The molecule has 2 unspecified atom stereocenters. The van der Waals surface area contributed by atoms with Crippen molar-refractivity contribution < 1.29 is 4.42 Å². The van der Waals surface area contributed by atoms with Crippen LogP contribution in [0.1, 0.15) is 44.7 Å². The number of fused-ring (bicyclic) bond motifs is 1. The van der Waals surface area contributed by atoms with Gasteiger partial charge in [0, 0.05) is 6.04 Å². The van der Waals surface area contributed by atoms with Gasteiger partial charge >= 0.3 is 5.76 Å². The maximum absolute atomic E-state index is 11.2. The van der Waals surface area contributed by atoms with Crippen LogP contribution in [-0.2, 0) is 0 Å². The summed E-state index contributed by atoms with van der Waals surface area (Å²) < 4.78 is 5.11. The summed E-state index contributed by atoms with van der Waals surface area (Å²) in [6.07, 6.45) is 3.64. The molecule has 1 aromatic heterocycles. The van der Waals surface area contributed by atoms with Crippen molar-refractivity contribution in [2.75, 3.05) is 0 Å². The molecule has 0 bridgehead atoms. The van der Waals surface area contributed by atoms with Crippen LogP contribution in [0.2, 0.25) is 0 Å². The Morgan fingerprint density at radius 1 is 1.47 bits per heavy atom. The third-order valence-electron chi connectivity index (χ3n) is 4.60. The molecular formula is C15H20N2O2. The quantitative estimate of drug-likeness (QED) is 0.872. The Kier molecular flexibility index (Phi) is 2.78. The zero-order valence-electron chi connectivity index (χ0n) is 11.4. The first kappa shape index (κ1) is 12.5. The highest BCUT2D eigenvalue weighted by molar-refractivity contribution is 5.72. The Balaban J connectivity index is 1.97. The standard InChI is InChI=1S/C15H20N2O2/c1-15(2)7-3-4-10(15)13(16)9-5-6-11-12(8-9)19-14(18)17-11/h5-6,8,10,13H,3-4,7,16H2,1-2H3,(H,17,18). The van der Waals surface area contributed by atoms with Crippen molar-refractivity contribution in [1.82, 2.24) is 4.98 Å². The van der Waals surface area contributed by atoms with Gasteiger partial charge in [0.15, 0.2) is 5.58 Å².